The average molecular weight is 329 g/mol. The number of aliphatic hydroxyl groups excluding tert-OH is 1. The Kier molecular flexibility index (Phi) is 3.88. The molecule has 4 rings (SSSR count). The van der Waals surface area contributed by atoms with Crippen molar-refractivity contribution >= 4 is 22.4 Å². The van der Waals surface area contributed by atoms with Gasteiger partial charge < -0.3 is 14.4 Å². The van der Waals surface area contributed by atoms with Gasteiger partial charge in [0.05, 0.1) is 23.3 Å². The van der Waals surface area contributed by atoms with Crippen LogP contribution in [0.4, 0.5) is 0 Å². The van der Waals surface area contributed by atoms with Gasteiger partial charge in [0.25, 0.3) is 0 Å². The van der Waals surface area contributed by atoms with Gasteiger partial charge >= 0.3 is 0 Å². The normalized spacial score (nSPS) is 19.5. The number of para-hydroxylation sites is 2. The highest BCUT2D eigenvalue weighted by molar-refractivity contribution is 7.09. The predicted octanol–water partition coefficient (Wildman–Crippen LogP) is 3.45. The van der Waals surface area contributed by atoms with Crippen molar-refractivity contribution in [3.8, 4) is 0 Å². The number of benzene rings is 1. The molecule has 0 radical (unpaired) electrons. The molecule has 1 N–H and O–H groups in total. The van der Waals surface area contributed by atoms with Crippen molar-refractivity contribution in [2.75, 3.05) is 6.61 Å². The van der Waals surface area contributed by atoms with Crippen molar-refractivity contribution in [3.63, 3.8) is 0 Å². The topological polar surface area (TPSA) is 60.2 Å². The van der Waals surface area contributed by atoms with E-state index in [1.807, 2.05) is 28.8 Å². The van der Waals surface area contributed by atoms with Crippen LogP contribution in [0.15, 0.2) is 29.6 Å². The molecule has 1 aliphatic rings. The van der Waals surface area contributed by atoms with E-state index in [2.05, 4.69) is 10.4 Å². The summed E-state index contributed by atoms with van der Waals surface area (Å²) >= 11 is 1.66. The number of aromatic nitrogens is 3. The first-order valence-electron chi connectivity index (χ1n) is 7.91. The Bertz CT molecular complexity index is 818. The summed E-state index contributed by atoms with van der Waals surface area (Å²) < 4.78 is 7.76. The second kappa shape index (κ2) is 6.03. The van der Waals surface area contributed by atoms with Gasteiger partial charge in [-0.05, 0) is 31.9 Å². The summed E-state index contributed by atoms with van der Waals surface area (Å²) in [7, 11) is 0. The molecule has 1 saturated heterocycles. The summed E-state index contributed by atoms with van der Waals surface area (Å²) in [4.78, 5) is 9.29. The SMILES string of the molecule is C[C@@H](O)c1nc2ccccc2n1Cc1csc([C@H]2CCCO2)n1. The van der Waals surface area contributed by atoms with Crippen LogP contribution in [0.25, 0.3) is 11.0 Å². The molecule has 0 saturated carbocycles. The third-order valence-electron chi connectivity index (χ3n) is 4.15. The zero-order chi connectivity index (χ0) is 15.8. The molecule has 1 fully saturated rings. The second-order valence-corrected chi connectivity index (χ2v) is 6.79. The van der Waals surface area contributed by atoms with E-state index in [1.54, 1.807) is 18.3 Å². The molecule has 1 aromatic carbocycles. The van der Waals surface area contributed by atoms with Crippen LogP contribution in [-0.2, 0) is 11.3 Å². The fourth-order valence-corrected chi connectivity index (χ4v) is 3.95. The minimum atomic E-state index is -0.612. The van der Waals surface area contributed by atoms with Crippen molar-refractivity contribution < 1.29 is 9.84 Å². The van der Waals surface area contributed by atoms with Gasteiger partial charge in [0.15, 0.2) is 0 Å². The predicted molar refractivity (Wildman–Crippen MR) is 89.5 cm³/mol. The van der Waals surface area contributed by atoms with Crippen LogP contribution >= 0.6 is 11.3 Å². The molecule has 5 nitrogen and oxygen atoms in total. The van der Waals surface area contributed by atoms with Crippen LogP contribution < -0.4 is 0 Å². The first-order chi connectivity index (χ1) is 11.2. The summed E-state index contributed by atoms with van der Waals surface area (Å²) in [6.07, 6.45) is 1.71. The second-order valence-electron chi connectivity index (χ2n) is 5.90. The summed E-state index contributed by atoms with van der Waals surface area (Å²) in [5.74, 6) is 0.679. The van der Waals surface area contributed by atoms with Gasteiger partial charge in [-0.2, -0.15) is 0 Å². The van der Waals surface area contributed by atoms with Crippen molar-refractivity contribution in [2.45, 2.75) is 38.5 Å². The smallest absolute Gasteiger partial charge is 0.138 e. The Morgan fingerprint density at radius 2 is 2.26 bits per heavy atom. The minimum Gasteiger partial charge on any atom is -0.385 e. The maximum absolute atomic E-state index is 10.0. The number of rotatable bonds is 4. The Morgan fingerprint density at radius 3 is 3.04 bits per heavy atom. The zero-order valence-corrected chi connectivity index (χ0v) is 13.8. The molecular formula is C17H19N3O2S. The van der Waals surface area contributed by atoms with Crippen LogP contribution in [0.1, 0.15) is 48.5 Å². The summed E-state index contributed by atoms with van der Waals surface area (Å²) in [5.41, 5.74) is 2.92. The largest absolute Gasteiger partial charge is 0.385 e. The van der Waals surface area contributed by atoms with Gasteiger partial charge in [-0.3, -0.25) is 0 Å². The molecule has 1 aliphatic heterocycles. The molecule has 2 aromatic heterocycles. The van der Waals surface area contributed by atoms with Crippen molar-refractivity contribution in [1.29, 1.82) is 0 Å². The van der Waals surface area contributed by atoms with Gasteiger partial charge in [-0.25, -0.2) is 9.97 Å². The summed E-state index contributed by atoms with van der Waals surface area (Å²) in [6.45, 7) is 3.19. The van der Waals surface area contributed by atoms with E-state index < -0.39 is 6.10 Å². The van der Waals surface area contributed by atoms with Crippen molar-refractivity contribution in [2.24, 2.45) is 0 Å². The lowest BCUT2D eigenvalue weighted by Gasteiger charge is -2.09. The van der Waals surface area contributed by atoms with Crippen LogP contribution in [0.2, 0.25) is 0 Å². The summed E-state index contributed by atoms with van der Waals surface area (Å²) in [6, 6.07) is 7.95. The molecule has 23 heavy (non-hydrogen) atoms. The quantitative estimate of drug-likeness (QED) is 0.796. The van der Waals surface area contributed by atoms with E-state index in [4.69, 9.17) is 9.72 Å². The Balaban J connectivity index is 1.68. The lowest BCUT2D eigenvalue weighted by atomic mass is 10.2. The van der Waals surface area contributed by atoms with E-state index in [0.717, 1.165) is 41.2 Å². The van der Waals surface area contributed by atoms with Gasteiger partial charge in [0.1, 0.15) is 23.0 Å². The van der Waals surface area contributed by atoms with E-state index >= 15 is 0 Å². The van der Waals surface area contributed by atoms with Gasteiger partial charge in [-0.15, -0.1) is 11.3 Å². The monoisotopic (exact) mass is 329 g/mol. The van der Waals surface area contributed by atoms with E-state index in [1.165, 1.54) is 0 Å². The third kappa shape index (κ3) is 2.78. The molecule has 3 aromatic rings. The van der Waals surface area contributed by atoms with Crippen LogP contribution in [0.5, 0.6) is 0 Å². The number of hydrogen-bond donors (Lipinski definition) is 1. The highest BCUT2D eigenvalue weighted by Gasteiger charge is 2.22. The van der Waals surface area contributed by atoms with Gasteiger partial charge in [0.2, 0.25) is 0 Å². The van der Waals surface area contributed by atoms with E-state index in [9.17, 15) is 5.11 Å². The molecule has 6 heteroatoms. The molecule has 0 unspecified atom stereocenters. The highest BCUT2D eigenvalue weighted by Crippen LogP contribution is 2.31. The fourth-order valence-electron chi connectivity index (χ4n) is 3.06. The highest BCUT2D eigenvalue weighted by atomic mass is 32.1. The minimum absolute atomic E-state index is 0.157. The maximum Gasteiger partial charge on any atom is 0.138 e. The number of thiazole rings is 1. The molecule has 0 bridgehead atoms. The number of nitrogens with zero attached hydrogens (tertiary/aromatic N) is 3. The fraction of sp³-hybridized carbons (Fsp3) is 0.412. The van der Waals surface area contributed by atoms with Crippen LogP contribution in [-0.4, -0.2) is 26.2 Å². The van der Waals surface area contributed by atoms with Crippen LogP contribution in [0.3, 0.4) is 0 Å². The number of ether oxygens (including phenoxy) is 1. The van der Waals surface area contributed by atoms with E-state index in [0.29, 0.717) is 12.4 Å². The van der Waals surface area contributed by atoms with Crippen molar-refractivity contribution in [3.05, 3.63) is 46.2 Å². The number of hydrogen-bond acceptors (Lipinski definition) is 5. The third-order valence-corrected chi connectivity index (χ3v) is 5.14. The Morgan fingerprint density at radius 1 is 1.39 bits per heavy atom. The summed E-state index contributed by atoms with van der Waals surface area (Å²) in [5, 5.41) is 13.2. The number of fused-ring (bicyclic) bond motifs is 1. The molecular weight excluding hydrogens is 310 g/mol. The lowest BCUT2D eigenvalue weighted by Crippen LogP contribution is -2.08. The number of aliphatic hydroxyl groups is 1. The van der Waals surface area contributed by atoms with E-state index in [-0.39, 0.29) is 6.10 Å². The zero-order valence-electron chi connectivity index (χ0n) is 13.0. The number of imidazole rings is 1. The molecule has 2 atom stereocenters. The molecule has 0 aliphatic carbocycles. The Labute approximate surface area is 138 Å². The first-order valence-corrected chi connectivity index (χ1v) is 8.79. The molecule has 0 spiro atoms. The maximum atomic E-state index is 10.0. The molecule has 0 amide bonds. The van der Waals surface area contributed by atoms with Gasteiger partial charge in [-0.1, -0.05) is 12.1 Å². The Hall–Kier alpha value is -1.76. The standard InChI is InChI=1S/C17H19N3O2S/c1-11(21)16-19-13-5-2-3-6-14(13)20(16)9-12-10-23-17(18-12)15-7-4-8-22-15/h2-3,5-6,10-11,15,21H,4,7-9H2,1H3/t11-,15-/m1/s1. The van der Waals surface area contributed by atoms with Crippen molar-refractivity contribution in [1.82, 2.24) is 14.5 Å². The molecule has 120 valence electrons. The van der Waals surface area contributed by atoms with Crippen LogP contribution in [0, 0.1) is 0 Å². The average Bonchev–Trinajstić information content (AvgIpc) is 3.26. The van der Waals surface area contributed by atoms with Gasteiger partial charge in [0, 0.05) is 12.0 Å². The first kappa shape index (κ1) is 14.8. The lowest BCUT2D eigenvalue weighted by molar-refractivity contribution is 0.111. The molecule has 3 heterocycles.